The van der Waals surface area contributed by atoms with E-state index in [1.54, 1.807) is 12.1 Å². The highest BCUT2D eigenvalue weighted by molar-refractivity contribution is 5.56. The van der Waals surface area contributed by atoms with Gasteiger partial charge < -0.3 is 15.2 Å². The van der Waals surface area contributed by atoms with Crippen LogP contribution in [0.2, 0.25) is 0 Å². The van der Waals surface area contributed by atoms with Crippen LogP contribution in [-0.2, 0) is 0 Å². The number of ether oxygens (including phenoxy) is 2. The van der Waals surface area contributed by atoms with Gasteiger partial charge in [-0.2, -0.15) is 4.39 Å². The van der Waals surface area contributed by atoms with E-state index in [0.717, 1.165) is 6.07 Å². The molecule has 0 saturated carbocycles. The molecule has 0 aromatic heterocycles. The summed E-state index contributed by atoms with van der Waals surface area (Å²) in [5.41, 5.74) is 6.16. The maximum atomic E-state index is 13.5. The van der Waals surface area contributed by atoms with Gasteiger partial charge in [-0.25, -0.2) is 4.39 Å². The second kappa shape index (κ2) is 5.56. The number of anilines is 1. The molecule has 5 heteroatoms. The zero-order valence-corrected chi connectivity index (χ0v) is 10.3. The first kappa shape index (κ1) is 13.1. The lowest BCUT2D eigenvalue weighted by Gasteiger charge is -2.11. The molecule has 0 unspecified atom stereocenters. The van der Waals surface area contributed by atoms with Gasteiger partial charge in [-0.3, -0.25) is 0 Å². The minimum atomic E-state index is -1.03. The monoisotopic (exact) mass is 265 g/mol. The molecule has 2 aromatic carbocycles. The van der Waals surface area contributed by atoms with Crippen LogP contribution in [0.1, 0.15) is 6.92 Å². The molecule has 0 heterocycles. The minimum absolute atomic E-state index is 0.188. The van der Waals surface area contributed by atoms with E-state index in [0.29, 0.717) is 23.8 Å². The van der Waals surface area contributed by atoms with E-state index >= 15 is 0 Å². The number of hydrogen-bond acceptors (Lipinski definition) is 3. The summed E-state index contributed by atoms with van der Waals surface area (Å²) >= 11 is 0. The van der Waals surface area contributed by atoms with Crippen molar-refractivity contribution in [2.75, 3.05) is 12.3 Å². The second-order valence-electron chi connectivity index (χ2n) is 3.79. The molecular weight excluding hydrogens is 252 g/mol. The van der Waals surface area contributed by atoms with E-state index in [1.165, 1.54) is 18.2 Å². The molecule has 0 saturated heterocycles. The Morgan fingerprint density at radius 2 is 1.89 bits per heavy atom. The molecule has 2 N–H and O–H groups in total. The zero-order chi connectivity index (χ0) is 13.8. The third-order valence-electron chi connectivity index (χ3n) is 2.43. The van der Waals surface area contributed by atoms with Crippen molar-refractivity contribution in [1.29, 1.82) is 0 Å². The van der Waals surface area contributed by atoms with Crippen molar-refractivity contribution in [3.8, 4) is 17.2 Å². The fourth-order valence-corrected chi connectivity index (χ4v) is 1.55. The van der Waals surface area contributed by atoms with Gasteiger partial charge in [0.05, 0.1) is 12.3 Å². The predicted molar refractivity (Wildman–Crippen MR) is 68.5 cm³/mol. The van der Waals surface area contributed by atoms with Crippen LogP contribution >= 0.6 is 0 Å². The summed E-state index contributed by atoms with van der Waals surface area (Å²) in [5.74, 6) is -1.42. The number of rotatable bonds is 4. The van der Waals surface area contributed by atoms with E-state index in [1.807, 2.05) is 6.92 Å². The number of halogens is 2. The van der Waals surface area contributed by atoms with E-state index in [4.69, 9.17) is 15.2 Å². The first-order chi connectivity index (χ1) is 9.11. The van der Waals surface area contributed by atoms with Gasteiger partial charge in [0.25, 0.3) is 0 Å². The van der Waals surface area contributed by atoms with Crippen LogP contribution in [0.5, 0.6) is 17.2 Å². The van der Waals surface area contributed by atoms with Crippen LogP contribution in [0.3, 0.4) is 0 Å². The van der Waals surface area contributed by atoms with Gasteiger partial charge in [0, 0.05) is 6.07 Å². The van der Waals surface area contributed by atoms with Gasteiger partial charge in [-0.1, -0.05) is 6.07 Å². The molecule has 19 heavy (non-hydrogen) atoms. The number of nitrogen functional groups attached to an aromatic ring is 1. The Balaban J connectivity index is 2.28. The Bertz CT molecular complexity index is 588. The SMILES string of the molecule is CCOc1cc(Oc2cccc(F)c2F)ccc1N. The molecule has 0 fully saturated rings. The smallest absolute Gasteiger partial charge is 0.201 e. The van der Waals surface area contributed by atoms with E-state index in [2.05, 4.69) is 0 Å². The van der Waals surface area contributed by atoms with Crippen LogP contribution in [0, 0.1) is 11.6 Å². The van der Waals surface area contributed by atoms with Crippen molar-refractivity contribution in [2.45, 2.75) is 6.92 Å². The predicted octanol–water partition coefficient (Wildman–Crippen LogP) is 3.74. The number of hydrogen-bond donors (Lipinski definition) is 1. The summed E-state index contributed by atoms with van der Waals surface area (Å²) in [6, 6.07) is 8.41. The lowest BCUT2D eigenvalue weighted by Crippen LogP contribution is -1.98. The fraction of sp³-hybridized carbons (Fsp3) is 0.143. The van der Waals surface area contributed by atoms with Crippen LogP contribution in [0.15, 0.2) is 36.4 Å². The summed E-state index contributed by atoms with van der Waals surface area (Å²) in [6.07, 6.45) is 0. The van der Waals surface area contributed by atoms with Gasteiger partial charge in [-0.05, 0) is 31.2 Å². The molecule has 2 aromatic rings. The molecule has 0 bridgehead atoms. The maximum absolute atomic E-state index is 13.5. The highest BCUT2D eigenvalue weighted by atomic mass is 19.2. The maximum Gasteiger partial charge on any atom is 0.201 e. The summed E-state index contributed by atoms with van der Waals surface area (Å²) in [4.78, 5) is 0. The summed E-state index contributed by atoms with van der Waals surface area (Å²) in [6.45, 7) is 2.27. The molecule has 2 rings (SSSR count). The molecule has 0 atom stereocenters. The second-order valence-corrected chi connectivity index (χ2v) is 3.79. The highest BCUT2D eigenvalue weighted by Crippen LogP contribution is 2.31. The Labute approximate surface area is 109 Å². The van der Waals surface area contributed by atoms with Gasteiger partial charge in [0.2, 0.25) is 5.82 Å². The van der Waals surface area contributed by atoms with Crippen LogP contribution in [0.25, 0.3) is 0 Å². The molecule has 0 amide bonds. The van der Waals surface area contributed by atoms with Gasteiger partial charge in [-0.15, -0.1) is 0 Å². The average Bonchev–Trinajstić information content (AvgIpc) is 2.39. The molecule has 0 aliphatic heterocycles. The highest BCUT2D eigenvalue weighted by Gasteiger charge is 2.10. The standard InChI is InChI=1S/C14H13F2NO2/c1-2-18-13-8-9(6-7-11(13)17)19-12-5-3-4-10(15)14(12)16/h3-8H,2,17H2,1H3. The quantitative estimate of drug-likeness (QED) is 0.856. The third-order valence-corrected chi connectivity index (χ3v) is 2.43. The number of nitrogens with two attached hydrogens (primary N) is 1. The molecule has 100 valence electrons. The Hall–Kier alpha value is -2.30. The first-order valence-corrected chi connectivity index (χ1v) is 5.76. The molecule has 0 radical (unpaired) electrons. The molecule has 3 nitrogen and oxygen atoms in total. The Morgan fingerprint density at radius 1 is 1.11 bits per heavy atom. The molecule has 0 spiro atoms. The van der Waals surface area contributed by atoms with Crippen molar-refractivity contribution in [3.05, 3.63) is 48.0 Å². The Morgan fingerprint density at radius 3 is 2.63 bits per heavy atom. The van der Waals surface area contributed by atoms with E-state index in [-0.39, 0.29) is 5.75 Å². The molecule has 0 aliphatic carbocycles. The fourth-order valence-electron chi connectivity index (χ4n) is 1.55. The van der Waals surface area contributed by atoms with Gasteiger partial charge in [0.1, 0.15) is 11.5 Å². The van der Waals surface area contributed by atoms with E-state index < -0.39 is 11.6 Å². The molecular formula is C14H13F2NO2. The van der Waals surface area contributed by atoms with Crippen LogP contribution in [-0.4, -0.2) is 6.61 Å². The van der Waals surface area contributed by atoms with Crippen molar-refractivity contribution in [1.82, 2.24) is 0 Å². The van der Waals surface area contributed by atoms with Crippen molar-refractivity contribution < 1.29 is 18.3 Å². The summed E-state index contributed by atoms with van der Waals surface area (Å²) in [7, 11) is 0. The lowest BCUT2D eigenvalue weighted by atomic mass is 10.2. The van der Waals surface area contributed by atoms with Gasteiger partial charge >= 0.3 is 0 Å². The van der Waals surface area contributed by atoms with Crippen molar-refractivity contribution >= 4 is 5.69 Å². The van der Waals surface area contributed by atoms with Gasteiger partial charge in [0.15, 0.2) is 11.6 Å². The van der Waals surface area contributed by atoms with Crippen LogP contribution < -0.4 is 15.2 Å². The Kier molecular flexibility index (Phi) is 3.85. The molecule has 0 aliphatic rings. The summed E-state index contributed by atoms with van der Waals surface area (Å²) in [5, 5.41) is 0. The first-order valence-electron chi connectivity index (χ1n) is 5.76. The normalized spacial score (nSPS) is 10.3. The van der Waals surface area contributed by atoms with Crippen LogP contribution in [0.4, 0.5) is 14.5 Å². The average molecular weight is 265 g/mol. The van der Waals surface area contributed by atoms with Crippen molar-refractivity contribution in [2.24, 2.45) is 0 Å². The lowest BCUT2D eigenvalue weighted by molar-refractivity contribution is 0.339. The van der Waals surface area contributed by atoms with E-state index in [9.17, 15) is 8.78 Å². The van der Waals surface area contributed by atoms with Crippen molar-refractivity contribution in [3.63, 3.8) is 0 Å². The topological polar surface area (TPSA) is 44.5 Å². The third kappa shape index (κ3) is 2.93. The minimum Gasteiger partial charge on any atom is -0.492 e. The number of benzene rings is 2. The largest absolute Gasteiger partial charge is 0.492 e. The zero-order valence-electron chi connectivity index (χ0n) is 10.3. The summed E-state index contributed by atoms with van der Waals surface area (Å²) < 4.78 is 37.1.